The smallest absolute Gasteiger partial charge is 0.133 e. The second kappa shape index (κ2) is 7.45. The Morgan fingerprint density at radius 1 is 1.09 bits per heavy atom. The minimum absolute atomic E-state index is 0.571. The summed E-state index contributed by atoms with van der Waals surface area (Å²) in [7, 11) is 0. The van der Waals surface area contributed by atoms with Crippen molar-refractivity contribution in [3.63, 3.8) is 0 Å². The minimum atomic E-state index is 0.571. The molecule has 0 spiro atoms. The monoisotopic (exact) mass is 301 g/mol. The van der Waals surface area contributed by atoms with Gasteiger partial charge in [-0.15, -0.1) is 0 Å². The molecule has 2 fully saturated rings. The van der Waals surface area contributed by atoms with E-state index in [1.807, 2.05) is 6.20 Å². The molecule has 0 bridgehead atoms. The molecule has 0 saturated carbocycles. The molecule has 1 aromatic rings. The zero-order chi connectivity index (χ0) is 15.4. The number of hydrogen-bond acceptors (Lipinski definition) is 3. The highest BCUT2D eigenvalue weighted by Crippen LogP contribution is 2.36. The summed E-state index contributed by atoms with van der Waals surface area (Å²) >= 11 is 0. The first-order chi connectivity index (χ1) is 10.8. The molecular formula is C19H31N3. The topological polar surface area (TPSA) is 19.4 Å². The van der Waals surface area contributed by atoms with E-state index in [0.29, 0.717) is 6.04 Å². The van der Waals surface area contributed by atoms with Gasteiger partial charge in [-0.1, -0.05) is 26.3 Å². The average molecular weight is 301 g/mol. The fourth-order valence-corrected chi connectivity index (χ4v) is 4.07. The highest BCUT2D eigenvalue weighted by molar-refractivity contribution is 5.49. The maximum atomic E-state index is 4.79. The standard InChI is InChI=1S/C19H31N3/c1-16(2)15-22-14-7-4-10-18(22)17-9-8-11-20-19(17)21-12-5-3-6-13-21/h8-9,11,16,18H,3-7,10,12-15H2,1-2H3/t18-/m0/s1. The van der Waals surface area contributed by atoms with E-state index < -0.39 is 0 Å². The summed E-state index contributed by atoms with van der Waals surface area (Å²) in [5.41, 5.74) is 1.48. The van der Waals surface area contributed by atoms with Gasteiger partial charge < -0.3 is 4.90 Å². The minimum Gasteiger partial charge on any atom is -0.356 e. The first kappa shape index (κ1) is 15.8. The maximum absolute atomic E-state index is 4.79. The van der Waals surface area contributed by atoms with Crippen molar-refractivity contribution in [3.05, 3.63) is 23.9 Å². The first-order valence-electron chi connectivity index (χ1n) is 9.19. The Morgan fingerprint density at radius 2 is 1.86 bits per heavy atom. The molecule has 2 aliphatic rings. The maximum Gasteiger partial charge on any atom is 0.133 e. The third kappa shape index (κ3) is 3.62. The van der Waals surface area contributed by atoms with E-state index in [1.165, 1.54) is 76.1 Å². The van der Waals surface area contributed by atoms with Gasteiger partial charge in [0.2, 0.25) is 0 Å². The Labute approximate surface area is 135 Å². The van der Waals surface area contributed by atoms with Crippen molar-refractivity contribution >= 4 is 5.82 Å². The van der Waals surface area contributed by atoms with E-state index in [9.17, 15) is 0 Å². The molecule has 2 saturated heterocycles. The van der Waals surface area contributed by atoms with Gasteiger partial charge in [-0.3, -0.25) is 4.90 Å². The zero-order valence-corrected chi connectivity index (χ0v) is 14.3. The van der Waals surface area contributed by atoms with E-state index in [1.54, 1.807) is 0 Å². The van der Waals surface area contributed by atoms with Crippen LogP contribution in [0.25, 0.3) is 0 Å². The molecule has 0 aromatic carbocycles. The van der Waals surface area contributed by atoms with E-state index in [-0.39, 0.29) is 0 Å². The quantitative estimate of drug-likeness (QED) is 0.828. The SMILES string of the molecule is CC(C)CN1CCCC[C@H]1c1cccnc1N1CCCCC1. The number of aromatic nitrogens is 1. The molecule has 1 atom stereocenters. The van der Waals surface area contributed by atoms with Crippen molar-refractivity contribution in [3.8, 4) is 0 Å². The molecule has 0 radical (unpaired) electrons. The van der Waals surface area contributed by atoms with Crippen LogP contribution in [-0.2, 0) is 0 Å². The number of anilines is 1. The summed E-state index contributed by atoms with van der Waals surface area (Å²) in [6.07, 6.45) is 9.98. The molecule has 3 rings (SSSR count). The molecule has 0 amide bonds. The number of hydrogen-bond donors (Lipinski definition) is 0. The van der Waals surface area contributed by atoms with Gasteiger partial charge in [0.15, 0.2) is 0 Å². The zero-order valence-electron chi connectivity index (χ0n) is 14.3. The molecule has 3 heteroatoms. The average Bonchev–Trinajstić information content (AvgIpc) is 2.56. The Kier molecular flexibility index (Phi) is 5.35. The van der Waals surface area contributed by atoms with Crippen LogP contribution in [0.4, 0.5) is 5.82 Å². The summed E-state index contributed by atoms with van der Waals surface area (Å²) in [5.74, 6) is 2.00. The van der Waals surface area contributed by atoms with Crippen LogP contribution in [-0.4, -0.2) is 36.1 Å². The van der Waals surface area contributed by atoms with E-state index in [2.05, 4.69) is 35.8 Å². The van der Waals surface area contributed by atoms with Crippen LogP contribution < -0.4 is 4.90 Å². The normalized spacial score (nSPS) is 24.0. The van der Waals surface area contributed by atoms with Crippen LogP contribution in [0.5, 0.6) is 0 Å². The second-order valence-electron chi connectivity index (χ2n) is 7.36. The van der Waals surface area contributed by atoms with Gasteiger partial charge in [0.25, 0.3) is 0 Å². The van der Waals surface area contributed by atoms with Crippen LogP contribution in [0.2, 0.25) is 0 Å². The summed E-state index contributed by atoms with van der Waals surface area (Å²) in [4.78, 5) is 10.0. The van der Waals surface area contributed by atoms with E-state index in [0.717, 1.165) is 5.92 Å². The van der Waals surface area contributed by atoms with Gasteiger partial charge in [-0.25, -0.2) is 4.98 Å². The van der Waals surface area contributed by atoms with Crippen LogP contribution >= 0.6 is 0 Å². The van der Waals surface area contributed by atoms with Crippen molar-refractivity contribution in [2.45, 2.75) is 58.4 Å². The summed E-state index contributed by atoms with van der Waals surface area (Å²) in [5, 5.41) is 0. The van der Waals surface area contributed by atoms with Gasteiger partial charge in [0, 0.05) is 37.4 Å². The lowest BCUT2D eigenvalue weighted by molar-refractivity contribution is 0.132. The molecule has 1 aromatic heterocycles. The summed E-state index contributed by atoms with van der Waals surface area (Å²) in [6.45, 7) is 9.49. The Morgan fingerprint density at radius 3 is 2.64 bits per heavy atom. The number of piperidine rings is 2. The summed E-state index contributed by atoms with van der Waals surface area (Å²) < 4.78 is 0. The first-order valence-corrected chi connectivity index (χ1v) is 9.19. The van der Waals surface area contributed by atoms with Crippen molar-refractivity contribution in [1.29, 1.82) is 0 Å². The Balaban J connectivity index is 1.85. The molecule has 2 aliphatic heterocycles. The van der Waals surface area contributed by atoms with Gasteiger partial charge in [-0.2, -0.15) is 0 Å². The number of nitrogens with zero attached hydrogens (tertiary/aromatic N) is 3. The highest BCUT2D eigenvalue weighted by Gasteiger charge is 2.28. The molecular weight excluding hydrogens is 270 g/mol. The molecule has 122 valence electrons. The van der Waals surface area contributed by atoms with Crippen LogP contribution in [0.15, 0.2) is 18.3 Å². The Bertz CT molecular complexity index is 466. The number of pyridine rings is 1. The van der Waals surface area contributed by atoms with Crippen molar-refractivity contribution < 1.29 is 0 Å². The van der Waals surface area contributed by atoms with Crippen molar-refractivity contribution in [2.75, 3.05) is 31.1 Å². The van der Waals surface area contributed by atoms with Crippen LogP contribution in [0, 0.1) is 5.92 Å². The lowest BCUT2D eigenvalue weighted by Gasteiger charge is -2.39. The van der Waals surface area contributed by atoms with Gasteiger partial charge in [-0.05, 0) is 50.6 Å². The van der Waals surface area contributed by atoms with E-state index >= 15 is 0 Å². The van der Waals surface area contributed by atoms with Gasteiger partial charge in [0.1, 0.15) is 5.82 Å². The Hall–Kier alpha value is -1.09. The second-order valence-corrected chi connectivity index (χ2v) is 7.36. The fourth-order valence-electron chi connectivity index (χ4n) is 4.07. The van der Waals surface area contributed by atoms with Crippen molar-refractivity contribution in [1.82, 2.24) is 9.88 Å². The van der Waals surface area contributed by atoms with Gasteiger partial charge in [0.05, 0.1) is 0 Å². The molecule has 3 heterocycles. The molecule has 0 aliphatic carbocycles. The predicted octanol–water partition coefficient (Wildman–Crippen LogP) is 4.25. The van der Waals surface area contributed by atoms with Crippen LogP contribution in [0.3, 0.4) is 0 Å². The van der Waals surface area contributed by atoms with Gasteiger partial charge >= 0.3 is 0 Å². The molecule has 3 nitrogen and oxygen atoms in total. The molecule has 0 unspecified atom stereocenters. The largest absolute Gasteiger partial charge is 0.356 e. The third-order valence-corrected chi connectivity index (χ3v) is 5.04. The third-order valence-electron chi connectivity index (χ3n) is 5.04. The highest BCUT2D eigenvalue weighted by atomic mass is 15.2. The van der Waals surface area contributed by atoms with E-state index in [4.69, 9.17) is 4.98 Å². The lowest BCUT2D eigenvalue weighted by atomic mass is 9.94. The number of rotatable bonds is 4. The summed E-state index contributed by atoms with van der Waals surface area (Å²) in [6, 6.07) is 5.03. The molecule has 22 heavy (non-hydrogen) atoms. The van der Waals surface area contributed by atoms with Crippen molar-refractivity contribution in [2.24, 2.45) is 5.92 Å². The van der Waals surface area contributed by atoms with Crippen LogP contribution in [0.1, 0.15) is 64.0 Å². The lowest BCUT2D eigenvalue weighted by Crippen LogP contribution is -2.38. The fraction of sp³-hybridized carbons (Fsp3) is 0.737. The number of likely N-dealkylation sites (tertiary alicyclic amines) is 1. The molecule has 0 N–H and O–H groups in total. The predicted molar refractivity (Wildman–Crippen MR) is 93.3 cm³/mol.